The standard InChI is InChI=1S/C13H16ClN5O/c1-3-11-9(7-19(2)18-11)6-17-13-10(14)4-8(5-16-13)12(15)20/h4-5,7H,3,6H2,1-2H3,(H2,15,20)(H,16,17). The normalized spacial score (nSPS) is 10.6. The van der Waals surface area contributed by atoms with E-state index in [9.17, 15) is 4.79 Å². The molecule has 0 bridgehead atoms. The molecule has 0 fully saturated rings. The van der Waals surface area contributed by atoms with Crippen molar-refractivity contribution in [2.24, 2.45) is 12.8 Å². The summed E-state index contributed by atoms with van der Waals surface area (Å²) >= 11 is 6.06. The lowest BCUT2D eigenvalue weighted by Gasteiger charge is -2.07. The molecule has 0 spiro atoms. The third kappa shape index (κ3) is 3.08. The first-order valence-electron chi connectivity index (χ1n) is 6.22. The molecule has 1 amide bonds. The Bertz CT molecular complexity index is 638. The Kier molecular flexibility index (Phi) is 4.24. The topological polar surface area (TPSA) is 85.8 Å². The number of halogens is 1. The van der Waals surface area contributed by atoms with Gasteiger partial charge in [0.15, 0.2) is 0 Å². The van der Waals surface area contributed by atoms with E-state index < -0.39 is 5.91 Å². The monoisotopic (exact) mass is 293 g/mol. The number of rotatable bonds is 5. The first-order valence-corrected chi connectivity index (χ1v) is 6.59. The molecule has 6 nitrogen and oxygen atoms in total. The number of primary amides is 1. The van der Waals surface area contributed by atoms with E-state index >= 15 is 0 Å². The van der Waals surface area contributed by atoms with Gasteiger partial charge in [0.25, 0.3) is 0 Å². The maximum Gasteiger partial charge on any atom is 0.250 e. The molecule has 0 aliphatic rings. The summed E-state index contributed by atoms with van der Waals surface area (Å²) in [7, 11) is 1.88. The zero-order valence-electron chi connectivity index (χ0n) is 11.4. The Morgan fingerprint density at radius 1 is 1.55 bits per heavy atom. The van der Waals surface area contributed by atoms with Crippen molar-refractivity contribution in [2.45, 2.75) is 19.9 Å². The lowest BCUT2D eigenvalue weighted by atomic mass is 10.2. The van der Waals surface area contributed by atoms with Crippen molar-refractivity contribution in [2.75, 3.05) is 5.32 Å². The fourth-order valence-electron chi connectivity index (χ4n) is 1.91. The Labute approximate surface area is 121 Å². The summed E-state index contributed by atoms with van der Waals surface area (Å²) in [5.41, 5.74) is 7.58. The maximum atomic E-state index is 11.0. The summed E-state index contributed by atoms with van der Waals surface area (Å²) in [6.45, 7) is 2.62. The van der Waals surface area contributed by atoms with Crippen LogP contribution in [0.5, 0.6) is 0 Å². The lowest BCUT2D eigenvalue weighted by molar-refractivity contribution is 0.1000. The van der Waals surface area contributed by atoms with Gasteiger partial charge in [-0.1, -0.05) is 18.5 Å². The van der Waals surface area contributed by atoms with Gasteiger partial charge in [0, 0.05) is 31.5 Å². The Balaban J connectivity index is 2.12. The first kappa shape index (κ1) is 14.3. The van der Waals surface area contributed by atoms with Gasteiger partial charge in [-0.15, -0.1) is 0 Å². The van der Waals surface area contributed by atoms with Gasteiger partial charge in [0.2, 0.25) is 5.91 Å². The van der Waals surface area contributed by atoms with E-state index in [4.69, 9.17) is 17.3 Å². The van der Waals surface area contributed by atoms with Crippen LogP contribution in [0.3, 0.4) is 0 Å². The second-order valence-electron chi connectivity index (χ2n) is 4.40. The highest BCUT2D eigenvalue weighted by molar-refractivity contribution is 6.33. The second kappa shape index (κ2) is 5.92. The SMILES string of the molecule is CCc1nn(C)cc1CNc1ncc(C(N)=O)cc1Cl. The first-order chi connectivity index (χ1) is 9.51. The molecular formula is C13H16ClN5O. The van der Waals surface area contributed by atoms with Crippen LogP contribution in [0, 0.1) is 0 Å². The summed E-state index contributed by atoms with van der Waals surface area (Å²) < 4.78 is 1.78. The highest BCUT2D eigenvalue weighted by atomic mass is 35.5. The molecule has 0 saturated carbocycles. The van der Waals surface area contributed by atoms with E-state index in [1.54, 1.807) is 4.68 Å². The van der Waals surface area contributed by atoms with Crippen molar-refractivity contribution in [1.82, 2.24) is 14.8 Å². The molecular weight excluding hydrogens is 278 g/mol. The van der Waals surface area contributed by atoms with Gasteiger partial charge in [-0.05, 0) is 12.5 Å². The molecule has 3 N–H and O–H groups in total. The molecule has 2 aromatic rings. The average molecular weight is 294 g/mol. The predicted molar refractivity (Wildman–Crippen MR) is 77.7 cm³/mol. The molecule has 0 atom stereocenters. The van der Waals surface area contributed by atoms with Crippen LogP contribution in [0.1, 0.15) is 28.5 Å². The number of nitrogens with one attached hydrogen (secondary N) is 1. The molecule has 106 valence electrons. The number of aryl methyl sites for hydroxylation is 2. The summed E-state index contributed by atoms with van der Waals surface area (Å²) in [6, 6.07) is 1.50. The molecule has 0 aliphatic heterocycles. The second-order valence-corrected chi connectivity index (χ2v) is 4.81. The molecule has 0 aromatic carbocycles. The van der Waals surface area contributed by atoms with Crippen LogP contribution in [0.15, 0.2) is 18.5 Å². The van der Waals surface area contributed by atoms with E-state index in [0.717, 1.165) is 17.7 Å². The number of pyridine rings is 1. The van der Waals surface area contributed by atoms with E-state index in [-0.39, 0.29) is 5.56 Å². The number of carbonyl (C=O) groups is 1. The zero-order chi connectivity index (χ0) is 14.7. The molecule has 2 rings (SSSR count). The molecule has 7 heteroatoms. The van der Waals surface area contributed by atoms with E-state index in [1.807, 2.05) is 13.2 Å². The Morgan fingerprint density at radius 3 is 2.90 bits per heavy atom. The van der Waals surface area contributed by atoms with Gasteiger partial charge >= 0.3 is 0 Å². The van der Waals surface area contributed by atoms with Crippen LogP contribution in [-0.2, 0) is 20.0 Å². The highest BCUT2D eigenvalue weighted by Gasteiger charge is 2.09. The summed E-state index contributed by atoms with van der Waals surface area (Å²) in [5.74, 6) is -0.0333. The predicted octanol–water partition coefficient (Wildman–Crippen LogP) is 1.74. The molecule has 0 saturated heterocycles. The van der Waals surface area contributed by atoms with Gasteiger partial charge in [-0.25, -0.2) is 4.98 Å². The van der Waals surface area contributed by atoms with Gasteiger partial charge in [-0.3, -0.25) is 9.48 Å². The van der Waals surface area contributed by atoms with E-state index in [2.05, 4.69) is 22.3 Å². The summed E-state index contributed by atoms with van der Waals surface area (Å²) in [4.78, 5) is 15.1. The number of aromatic nitrogens is 3. The van der Waals surface area contributed by atoms with Crippen molar-refractivity contribution in [1.29, 1.82) is 0 Å². The van der Waals surface area contributed by atoms with Gasteiger partial charge in [0.1, 0.15) is 5.82 Å². The number of anilines is 1. The number of nitrogens with zero attached hydrogens (tertiary/aromatic N) is 3. The van der Waals surface area contributed by atoms with Crippen molar-refractivity contribution in [3.8, 4) is 0 Å². The van der Waals surface area contributed by atoms with Gasteiger partial charge in [0.05, 0.1) is 16.3 Å². The minimum Gasteiger partial charge on any atom is -0.366 e. The highest BCUT2D eigenvalue weighted by Crippen LogP contribution is 2.21. The average Bonchev–Trinajstić information content (AvgIpc) is 2.77. The fraction of sp³-hybridized carbons (Fsp3) is 0.308. The minimum absolute atomic E-state index is 0.288. The van der Waals surface area contributed by atoms with Crippen molar-refractivity contribution < 1.29 is 4.79 Å². The summed E-state index contributed by atoms with van der Waals surface area (Å²) in [6.07, 6.45) is 4.22. The smallest absolute Gasteiger partial charge is 0.250 e. The third-order valence-electron chi connectivity index (χ3n) is 2.90. The lowest BCUT2D eigenvalue weighted by Crippen LogP contribution is -2.12. The molecule has 0 unspecified atom stereocenters. The number of nitrogens with two attached hydrogens (primary N) is 1. The van der Waals surface area contributed by atoms with Crippen LogP contribution in [0.25, 0.3) is 0 Å². The van der Waals surface area contributed by atoms with Crippen molar-refractivity contribution >= 4 is 23.3 Å². The number of hydrogen-bond donors (Lipinski definition) is 2. The minimum atomic E-state index is -0.550. The van der Waals surface area contributed by atoms with E-state index in [0.29, 0.717) is 17.4 Å². The van der Waals surface area contributed by atoms with Crippen LogP contribution in [-0.4, -0.2) is 20.7 Å². The van der Waals surface area contributed by atoms with Crippen molar-refractivity contribution in [3.63, 3.8) is 0 Å². The number of carbonyl (C=O) groups excluding carboxylic acids is 1. The quantitative estimate of drug-likeness (QED) is 0.879. The fourth-order valence-corrected chi connectivity index (χ4v) is 2.14. The van der Waals surface area contributed by atoms with Gasteiger partial charge < -0.3 is 11.1 Å². The Morgan fingerprint density at radius 2 is 2.30 bits per heavy atom. The van der Waals surface area contributed by atoms with Crippen LogP contribution in [0.4, 0.5) is 5.82 Å². The van der Waals surface area contributed by atoms with E-state index in [1.165, 1.54) is 12.3 Å². The number of hydrogen-bond acceptors (Lipinski definition) is 4. The zero-order valence-corrected chi connectivity index (χ0v) is 12.1. The van der Waals surface area contributed by atoms with Crippen LogP contribution >= 0.6 is 11.6 Å². The summed E-state index contributed by atoms with van der Waals surface area (Å²) in [5, 5.41) is 7.86. The molecule has 2 aromatic heterocycles. The largest absolute Gasteiger partial charge is 0.366 e. The molecule has 0 aliphatic carbocycles. The molecule has 0 radical (unpaired) electrons. The Hall–Kier alpha value is -2.08. The molecule has 20 heavy (non-hydrogen) atoms. The maximum absolute atomic E-state index is 11.0. The third-order valence-corrected chi connectivity index (χ3v) is 3.19. The van der Waals surface area contributed by atoms with Crippen molar-refractivity contribution in [3.05, 3.63) is 40.3 Å². The van der Waals surface area contributed by atoms with Gasteiger partial charge in [-0.2, -0.15) is 5.10 Å². The number of amides is 1. The molecule has 2 heterocycles. The van der Waals surface area contributed by atoms with Crippen LogP contribution < -0.4 is 11.1 Å². The van der Waals surface area contributed by atoms with Crippen LogP contribution in [0.2, 0.25) is 5.02 Å².